The molecule has 0 aromatic rings. The van der Waals surface area contributed by atoms with Gasteiger partial charge in [-0.05, 0) is 12.8 Å². The monoisotopic (exact) mass is 542 g/mol. The van der Waals surface area contributed by atoms with Crippen molar-refractivity contribution >= 4 is 11.8 Å². The second-order valence-electron chi connectivity index (χ2n) is 6.55. The Kier molecular flexibility index (Phi) is 53.5. The van der Waals surface area contributed by atoms with E-state index in [9.17, 15) is 9.59 Å². The predicted molar refractivity (Wildman–Crippen MR) is 107 cm³/mol. The van der Waals surface area contributed by atoms with Gasteiger partial charge < -0.3 is 61.1 Å². The molecular formula is C21H39Cl4N2O2V. The van der Waals surface area contributed by atoms with Crippen LogP contribution in [0.25, 0.3) is 0 Å². The van der Waals surface area contributed by atoms with Gasteiger partial charge in [-0.2, -0.15) is 0 Å². The minimum absolute atomic E-state index is 0. The van der Waals surface area contributed by atoms with Gasteiger partial charge in [-0.15, -0.1) is 0 Å². The third-order valence-electron chi connectivity index (χ3n) is 3.81. The number of amides is 2. The summed E-state index contributed by atoms with van der Waals surface area (Å²) in [6.45, 7) is 4.35. The van der Waals surface area contributed by atoms with Gasteiger partial charge in [0.05, 0.1) is 0 Å². The van der Waals surface area contributed by atoms with Crippen molar-refractivity contribution < 1.29 is 76.6 Å². The van der Waals surface area contributed by atoms with Crippen molar-refractivity contribution in [3.8, 4) is 0 Å². The summed E-state index contributed by atoms with van der Waals surface area (Å²) in [6.07, 6.45) is 20.4. The number of halogens is 4. The average molecular weight is 544 g/mol. The molecule has 0 spiro atoms. The van der Waals surface area contributed by atoms with Gasteiger partial charge >= 0.3 is 46.4 Å². The molecule has 0 aromatic heterocycles. The maximum atomic E-state index is 10.3. The van der Waals surface area contributed by atoms with E-state index >= 15 is 0 Å². The molecule has 0 saturated carbocycles. The van der Waals surface area contributed by atoms with Crippen LogP contribution in [-0.4, -0.2) is 11.8 Å². The van der Waals surface area contributed by atoms with E-state index in [1.807, 2.05) is 0 Å². The summed E-state index contributed by atoms with van der Waals surface area (Å²) in [5.41, 5.74) is 9.94. The van der Waals surface area contributed by atoms with Crippen LogP contribution < -0.4 is 61.1 Å². The van der Waals surface area contributed by atoms with Crippen molar-refractivity contribution in [2.75, 3.05) is 0 Å². The molecule has 0 saturated heterocycles. The van der Waals surface area contributed by atoms with Gasteiger partial charge in [-0.3, -0.25) is 9.59 Å². The molecule has 4 N–H and O–H groups in total. The van der Waals surface area contributed by atoms with Crippen molar-refractivity contribution in [2.45, 2.75) is 97.3 Å². The number of carbonyl (C=O) groups excluding carboxylic acids is 2. The molecule has 0 atom stereocenters. The summed E-state index contributed by atoms with van der Waals surface area (Å²) in [7, 11) is 0. The molecule has 9 heteroatoms. The second-order valence-corrected chi connectivity index (χ2v) is 7.45. The van der Waals surface area contributed by atoms with Crippen LogP contribution in [0.2, 0.25) is 0 Å². The fourth-order valence-electron chi connectivity index (χ4n) is 2.24. The zero-order valence-corrected chi connectivity index (χ0v) is 22.8. The van der Waals surface area contributed by atoms with Crippen LogP contribution in [0.5, 0.6) is 0 Å². The maximum absolute atomic E-state index is 10.3. The van der Waals surface area contributed by atoms with Crippen molar-refractivity contribution in [3.05, 3.63) is 22.5 Å². The quantitative estimate of drug-likeness (QED) is 0.240. The first-order valence-electron chi connectivity index (χ1n) is 10.0. The van der Waals surface area contributed by atoms with Gasteiger partial charge in [-0.1, -0.05) is 65.2 Å². The fraction of sp³-hybridized carbons (Fsp3) is 0.714. The predicted octanol–water partition coefficient (Wildman–Crippen LogP) is -6.94. The third-order valence-corrected chi connectivity index (χ3v) is 4.32. The van der Waals surface area contributed by atoms with Gasteiger partial charge in [0, 0.05) is 12.8 Å². The molecule has 0 aliphatic heterocycles. The molecule has 0 bridgehead atoms. The molecule has 1 aliphatic rings. The van der Waals surface area contributed by atoms with Crippen molar-refractivity contribution in [1.82, 2.24) is 0 Å². The molecule has 4 nitrogen and oxygen atoms in total. The SMILES string of the molecule is CCCCCCCC(N)=O.CCCCCCCC(N)=O.[Cl-].[Cl-].[Cl-].[Cl-].[V+4][C]1=CC=CC1. The number of carbonyl (C=O) groups is 2. The van der Waals surface area contributed by atoms with E-state index in [2.05, 4.69) is 49.5 Å². The minimum atomic E-state index is -0.170. The molecule has 30 heavy (non-hydrogen) atoms. The Hall–Kier alpha value is 0.164. The van der Waals surface area contributed by atoms with Crippen molar-refractivity contribution in [2.24, 2.45) is 11.5 Å². The van der Waals surface area contributed by atoms with E-state index in [-0.39, 0.29) is 61.4 Å². The van der Waals surface area contributed by atoms with Crippen LogP contribution in [0.4, 0.5) is 0 Å². The van der Waals surface area contributed by atoms with E-state index in [4.69, 9.17) is 11.5 Å². The van der Waals surface area contributed by atoms with Gasteiger partial charge in [0.2, 0.25) is 11.8 Å². The summed E-state index contributed by atoms with van der Waals surface area (Å²) in [5.74, 6) is -0.340. The van der Waals surface area contributed by atoms with Crippen molar-refractivity contribution in [1.29, 1.82) is 0 Å². The molecule has 1 aliphatic carbocycles. The number of hydrogen-bond donors (Lipinski definition) is 2. The summed E-state index contributed by atoms with van der Waals surface area (Å²) in [5, 5.41) is 0. The molecule has 0 aromatic carbocycles. The topological polar surface area (TPSA) is 86.2 Å². The van der Waals surface area contributed by atoms with Gasteiger partial charge in [0.25, 0.3) is 0 Å². The van der Waals surface area contributed by atoms with Gasteiger partial charge in [0.1, 0.15) is 0 Å². The third kappa shape index (κ3) is 46.4. The summed E-state index contributed by atoms with van der Waals surface area (Å²) < 4.78 is 1.41. The number of hydrogen-bond acceptors (Lipinski definition) is 2. The van der Waals surface area contributed by atoms with Crippen LogP contribution in [0, 0.1) is 0 Å². The van der Waals surface area contributed by atoms with Crippen LogP contribution in [0.15, 0.2) is 22.5 Å². The van der Waals surface area contributed by atoms with E-state index in [1.54, 1.807) is 0 Å². The van der Waals surface area contributed by atoms with E-state index < -0.39 is 0 Å². The standard InChI is InChI=1S/2C8H17NO.C5H5.4ClH.V/c2*1-2-3-4-5-6-7-8(9)10;1-2-4-5-3-1;;;;;/h2*2-7H2,1H3,(H2,9,10);1-3H,4H2;4*1H;/q;;;;;;;+4/p-4. The summed E-state index contributed by atoms with van der Waals surface area (Å²) >= 11 is 2.54. The first-order chi connectivity index (χ1) is 12.4. The van der Waals surface area contributed by atoms with E-state index in [0.29, 0.717) is 12.8 Å². The Morgan fingerprint density at radius 3 is 1.33 bits per heavy atom. The fourth-order valence-corrected chi connectivity index (χ4v) is 2.54. The molecule has 2 amide bonds. The Morgan fingerprint density at radius 2 is 1.13 bits per heavy atom. The summed E-state index contributed by atoms with van der Waals surface area (Å²) in [4.78, 5) is 20.5. The number of nitrogens with two attached hydrogens (primary N) is 2. The van der Waals surface area contributed by atoms with Crippen LogP contribution in [0.1, 0.15) is 97.3 Å². The molecule has 0 unspecified atom stereocenters. The molecule has 0 fully saturated rings. The second kappa shape index (κ2) is 36.5. The Labute approximate surface area is 218 Å². The molecule has 1 rings (SSSR count). The van der Waals surface area contributed by atoms with E-state index in [1.165, 1.54) is 42.8 Å². The molecular weight excluding hydrogens is 505 g/mol. The van der Waals surface area contributed by atoms with Gasteiger partial charge in [-0.25, -0.2) is 0 Å². The number of primary amides is 2. The van der Waals surface area contributed by atoms with Crippen LogP contribution in [-0.2, 0) is 27.0 Å². The van der Waals surface area contributed by atoms with Crippen LogP contribution in [0.3, 0.4) is 0 Å². The zero-order valence-electron chi connectivity index (χ0n) is 18.4. The summed E-state index contributed by atoms with van der Waals surface area (Å²) in [6, 6.07) is 0. The van der Waals surface area contributed by atoms with Gasteiger partial charge in [0.15, 0.2) is 0 Å². The average Bonchev–Trinajstić information content (AvgIpc) is 3.06. The molecule has 0 radical (unpaired) electrons. The number of unbranched alkanes of at least 4 members (excludes halogenated alkanes) is 8. The van der Waals surface area contributed by atoms with E-state index in [0.717, 1.165) is 32.1 Å². The Morgan fingerprint density at radius 1 is 0.767 bits per heavy atom. The Balaban J connectivity index is -0.0000000690. The van der Waals surface area contributed by atoms with Crippen LogP contribution >= 0.6 is 0 Å². The molecule has 178 valence electrons. The zero-order chi connectivity index (χ0) is 20.0. The normalized spacial score (nSPS) is 10.2. The number of allylic oxidation sites excluding steroid dienone is 4. The molecule has 0 heterocycles. The van der Waals surface area contributed by atoms with Crippen molar-refractivity contribution in [3.63, 3.8) is 0 Å². The first kappa shape index (κ1) is 43.9. The first-order valence-corrected chi connectivity index (χ1v) is 10.7. The number of rotatable bonds is 12. The Bertz CT molecular complexity index is 400.